The van der Waals surface area contributed by atoms with Gasteiger partial charge in [0.2, 0.25) is 0 Å². The Kier molecular flexibility index (Phi) is 2.89. The molecule has 1 heterocycles. The summed E-state index contributed by atoms with van der Waals surface area (Å²) in [6, 6.07) is 3.52. The summed E-state index contributed by atoms with van der Waals surface area (Å²) in [7, 11) is 0. The van der Waals surface area contributed by atoms with E-state index in [-0.39, 0.29) is 5.56 Å². The zero-order valence-corrected chi connectivity index (χ0v) is 8.16. The van der Waals surface area contributed by atoms with Gasteiger partial charge in [-0.15, -0.1) is 0 Å². The monoisotopic (exact) mass is 192 g/mol. The first-order valence-corrected chi connectivity index (χ1v) is 4.26. The van der Waals surface area contributed by atoms with Gasteiger partial charge in [-0.2, -0.15) is 5.26 Å². The molecule has 1 aromatic rings. The minimum Gasteiger partial charge on any atom is -0.325 e. The standard InChI is InChI=1S/C9H12N4O/c1-3-13(11)8-4-6(2)12-9(14)7(8)5-10/h4H,3,11H2,1-2H3,(H,12,14). The predicted octanol–water partition coefficient (Wildman–Crippen LogP) is 0.255. The van der Waals surface area contributed by atoms with Gasteiger partial charge in [0.1, 0.15) is 11.6 Å². The summed E-state index contributed by atoms with van der Waals surface area (Å²) in [4.78, 5) is 13.9. The largest absolute Gasteiger partial charge is 0.325 e. The van der Waals surface area contributed by atoms with Crippen molar-refractivity contribution in [1.82, 2.24) is 4.98 Å². The van der Waals surface area contributed by atoms with Crippen molar-refractivity contribution in [3.05, 3.63) is 27.7 Å². The Morgan fingerprint density at radius 1 is 1.71 bits per heavy atom. The van der Waals surface area contributed by atoms with Crippen LogP contribution in [-0.2, 0) is 0 Å². The SMILES string of the molecule is CCN(N)c1cc(C)[nH]c(=O)c1C#N. The highest BCUT2D eigenvalue weighted by atomic mass is 16.1. The second-order valence-electron chi connectivity index (χ2n) is 2.94. The molecule has 0 aliphatic heterocycles. The Balaban J connectivity index is 3.42. The lowest BCUT2D eigenvalue weighted by Gasteiger charge is -2.17. The van der Waals surface area contributed by atoms with Crippen LogP contribution in [0.5, 0.6) is 0 Å². The highest BCUT2D eigenvalue weighted by molar-refractivity contribution is 5.57. The molecule has 0 aromatic carbocycles. The van der Waals surface area contributed by atoms with Crippen LogP contribution in [0.15, 0.2) is 10.9 Å². The van der Waals surface area contributed by atoms with Crippen LogP contribution >= 0.6 is 0 Å². The van der Waals surface area contributed by atoms with Crippen LogP contribution in [0.4, 0.5) is 5.69 Å². The summed E-state index contributed by atoms with van der Waals surface area (Å²) in [5.41, 5.74) is 0.815. The molecule has 14 heavy (non-hydrogen) atoms. The van der Waals surface area contributed by atoms with E-state index in [0.717, 1.165) is 0 Å². The highest BCUT2D eigenvalue weighted by Crippen LogP contribution is 2.13. The van der Waals surface area contributed by atoms with Gasteiger partial charge < -0.3 is 9.99 Å². The second-order valence-corrected chi connectivity index (χ2v) is 2.94. The van der Waals surface area contributed by atoms with Crippen molar-refractivity contribution >= 4 is 5.69 Å². The number of hydrogen-bond donors (Lipinski definition) is 2. The number of nitrogens with zero attached hydrogens (tertiary/aromatic N) is 2. The van der Waals surface area contributed by atoms with Crippen LogP contribution in [0.25, 0.3) is 0 Å². The van der Waals surface area contributed by atoms with Crippen molar-refractivity contribution in [3.63, 3.8) is 0 Å². The number of rotatable bonds is 2. The van der Waals surface area contributed by atoms with Crippen molar-refractivity contribution in [2.75, 3.05) is 11.6 Å². The summed E-state index contributed by atoms with van der Waals surface area (Å²) >= 11 is 0. The lowest BCUT2D eigenvalue weighted by Crippen LogP contribution is -2.33. The van der Waals surface area contributed by atoms with E-state index in [2.05, 4.69) is 4.98 Å². The van der Waals surface area contributed by atoms with Crippen molar-refractivity contribution in [3.8, 4) is 6.07 Å². The van der Waals surface area contributed by atoms with Crippen LogP contribution in [0.2, 0.25) is 0 Å². The van der Waals surface area contributed by atoms with Gasteiger partial charge in [-0.3, -0.25) is 4.79 Å². The maximum Gasteiger partial charge on any atom is 0.268 e. The maximum absolute atomic E-state index is 11.4. The molecule has 0 aliphatic carbocycles. The molecular formula is C9H12N4O. The normalized spacial score (nSPS) is 9.57. The molecule has 0 bridgehead atoms. The predicted molar refractivity (Wildman–Crippen MR) is 53.7 cm³/mol. The highest BCUT2D eigenvalue weighted by Gasteiger charge is 2.10. The Bertz CT molecular complexity index is 429. The third kappa shape index (κ3) is 1.75. The Hall–Kier alpha value is -1.80. The number of H-pyrrole nitrogens is 1. The van der Waals surface area contributed by atoms with E-state index in [1.807, 2.05) is 13.0 Å². The maximum atomic E-state index is 11.4. The number of hydrogen-bond acceptors (Lipinski definition) is 4. The molecule has 1 aromatic heterocycles. The Morgan fingerprint density at radius 3 is 2.86 bits per heavy atom. The molecule has 0 aliphatic rings. The van der Waals surface area contributed by atoms with Gasteiger partial charge in [0, 0.05) is 12.2 Å². The van der Waals surface area contributed by atoms with Crippen LogP contribution in [-0.4, -0.2) is 11.5 Å². The van der Waals surface area contributed by atoms with Gasteiger partial charge in [0.05, 0.1) is 5.69 Å². The van der Waals surface area contributed by atoms with E-state index < -0.39 is 5.56 Å². The third-order valence-electron chi connectivity index (χ3n) is 1.91. The average Bonchev–Trinajstić information content (AvgIpc) is 2.15. The van der Waals surface area contributed by atoms with Gasteiger partial charge in [0.25, 0.3) is 5.56 Å². The number of aryl methyl sites for hydroxylation is 1. The molecular weight excluding hydrogens is 180 g/mol. The van der Waals surface area contributed by atoms with Crippen LogP contribution in [0, 0.1) is 18.3 Å². The number of nitriles is 1. The third-order valence-corrected chi connectivity index (χ3v) is 1.91. The quantitative estimate of drug-likeness (QED) is 0.519. The number of hydrazine groups is 1. The number of nitrogens with two attached hydrogens (primary N) is 1. The van der Waals surface area contributed by atoms with Crippen LogP contribution in [0.3, 0.4) is 0 Å². The molecule has 0 unspecified atom stereocenters. The van der Waals surface area contributed by atoms with Crippen molar-refractivity contribution in [2.45, 2.75) is 13.8 Å². The molecule has 5 heteroatoms. The molecule has 5 nitrogen and oxygen atoms in total. The minimum atomic E-state index is -0.397. The number of pyridine rings is 1. The molecule has 0 saturated heterocycles. The number of anilines is 1. The molecule has 0 amide bonds. The first-order valence-electron chi connectivity index (χ1n) is 4.26. The van der Waals surface area contributed by atoms with E-state index in [0.29, 0.717) is 17.9 Å². The fourth-order valence-corrected chi connectivity index (χ4v) is 1.18. The van der Waals surface area contributed by atoms with Gasteiger partial charge >= 0.3 is 0 Å². The first kappa shape index (κ1) is 10.3. The lowest BCUT2D eigenvalue weighted by atomic mass is 10.2. The molecule has 74 valence electrons. The van der Waals surface area contributed by atoms with Crippen molar-refractivity contribution < 1.29 is 0 Å². The second kappa shape index (κ2) is 3.94. The number of aromatic amines is 1. The van der Waals surface area contributed by atoms with E-state index in [9.17, 15) is 4.79 Å². The fourth-order valence-electron chi connectivity index (χ4n) is 1.18. The minimum absolute atomic E-state index is 0.0555. The Morgan fingerprint density at radius 2 is 2.36 bits per heavy atom. The first-order chi connectivity index (χ1) is 6.60. The van der Waals surface area contributed by atoms with Crippen LogP contribution < -0.4 is 16.4 Å². The molecule has 0 radical (unpaired) electrons. The summed E-state index contributed by atoms with van der Waals surface area (Å²) in [5, 5.41) is 10.2. The van der Waals surface area contributed by atoms with Gasteiger partial charge in [-0.05, 0) is 19.9 Å². The van der Waals surface area contributed by atoms with E-state index in [4.69, 9.17) is 11.1 Å². The summed E-state index contributed by atoms with van der Waals surface area (Å²) < 4.78 is 0. The van der Waals surface area contributed by atoms with Gasteiger partial charge in [0.15, 0.2) is 0 Å². The smallest absolute Gasteiger partial charge is 0.268 e. The van der Waals surface area contributed by atoms with Gasteiger partial charge in [-0.25, -0.2) is 5.84 Å². The zero-order chi connectivity index (χ0) is 10.7. The van der Waals surface area contributed by atoms with Gasteiger partial charge in [-0.1, -0.05) is 0 Å². The molecule has 3 N–H and O–H groups in total. The molecule has 0 atom stereocenters. The molecule has 0 spiro atoms. The fraction of sp³-hybridized carbons (Fsp3) is 0.333. The molecule has 1 rings (SSSR count). The van der Waals surface area contributed by atoms with Crippen molar-refractivity contribution in [1.29, 1.82) is 5.26 Å². The molecule has 0 saturated carbocycles. The number of aromatic nitrogens is 1. The zero-order valence-electron chi connectivity index (χ0n) is 8.16. The lowest BCUT2D eigenvalue weighted by molar-refractivity contribution is 0.882. The summed E-state index contributed by atoms with van der Waals surface area (Å²) in [6.07, 6.45) is 0. The van der Waals surface area contributed by atoms with Crippen molar-refractivity contribution in [2.24, 2.45) is 5.84 Å². The summed E-state index contributed by atoms with van der Waals surface area (Å²) in [6.45, 7) is 4.13. The molecule has 0 fully saturated rings. The summed E-state index contributed by atoms with van der Waals surface area (Å²) in [5.74, 6) is 5.64. The van der Waals surface area contributed by atoms with Crippen LogP contribution in [0.1, 0.15) is 18.2 Å². The average molecular weight is 192 g/mol. The van der Waals surface area contributed by atoms with E-state index in [1.54, 1.807) is 13.0 Å². The Labute approximate surface area is 81.7 Å². The number of nitrogens with one attached hydrogen (secondary N) is 1. The van der Waals surface area contributed by atoms with E-state index >= 15 is 0 Å². The topological polar surface area (TPSA) is 85.9 Å². The van der Waals surface area contributed by atoms with E-state index in [1.165, 1.54) is 5.01 Å².